The minimum atomic E-state index is -0.877. The van der Waals surface area contributed by atoms with E-state index in [1.165, 1.54) is 9.96 Å². The monoisotopic (exact) mass is 346 g/mol. The summed E-state index contributed by atoms with van der Waals surface area (Å²) in [6.07, 6.45) is 2.44. The highest BCUT2D eigenvalue weighted by atomic mass is 16.7. The number of pyridine rings is 1. The molecule has 8 heteroatoms. The standard InChI is InChI=1S/C17H22N4O4/c1-17(2,3)21-15(23)12-13(10-4-7-19-8-5-10)20(9-6-11(18)22)25-14(12)16(21)24/h4-5,7-8,12-14H,6,9H2,1-3H3,(H2,18,22). The van der Waals surface area contributed by atoms with E-state index < -0.39 is 29.5 Å². The van der Waals surface area contributed by atoms with Gasteiger partial charge in [-0.25, -0.2) is 0 Å². The van der Waals surface area contributed by atoms with Crippen LogP contribution >= 0.6 is 0 Å². The molecule has 0 radical (unpaired) electrons. The van der Waals surface area contributed by atoms with Gasteiger partial charge in [-0.15, -0.1) is 0 Å². The first-order valence-corrected chi connectivity index (χ1v) is 8.21. The molecule has 3 amide bonds. The van der Waals surface area contributed by atoms with Crippen molar-refractivity contribution in [3.63, 3.8) is 0 Å². The van der Waals surface area contributed by atoms with Crippen LogP contribution in [0.25, 0.3) is 0 Å². The second kappa shape index (κ2) is 6.20. The molecule has 3 atom stereocenters. The van der Waals surface area contributed by atoms with Crippen molar-refractivity contribution in [3.8, 4) is 0 Å². The largest absolute Gasteiger partial charge is 0.370 e. The third-order valence-corrected chi connectivity index (χ3v) is 4.49. The zero-order chi connectivity index (χ0) is 18.4. The van der Waals surface area contributed by atoms with Gasteiger partial charge < -0.3 is 5.73 Å². The Labute approximate surface area is 145 Å². The summed E-state index contributed by atoms with van der Waals surface area (Å²) in [6, 6.07) is 3.10. The Morgan fingerprint density at radius 3 is 2.44 bits per heavy atom. The maximum atomic E-state index is 13.0. The zero-order valence-corrected chi connectivity index (χ0v) is 14.5. The van der Waals surface area contributed by atoms with Gasteiger partial charge in [0.1, 0.15) is 0 Å². The van der Waals surface area contributed by atoms with Gasteiger partial charge in [0.05, 0.1) is 12.0 Å². The molecule has 1 aromatic rings. The van der Waals surface area contributed by atoms with Crippen molar-refractivity contribution in [1.29, 1.82) is 0 Å². The van der Waals surface area contributed by atoms with Crippen LogP contribution in [0.4, 0.5) is 0 Å². The first-order valence-electron chi connectivity index (χ1n) is 8.21. The van der Waals surface area contributed by atoms with E-state index in [0.717, 1.165) is 5.56 Å². The molecule has 25 heavy (non-hydrogen) atoms. The van der Waals surface area contributed by atoms with Crippen LogP contribution < -0.4 is 5.73 Å². The highest BCUT2D eigenvalue weighted by Gasteiger charge is 2.61. The van der Waals surface area contributed by atoms with Gasteiger partial charge in [0.2, 0.25) is 11.8 Å². The highest BCUT2D eigenvalue weighted by molar-refractivity contribution is 6.08. The lowest BCUT2D eigenvalue weighted by atomic mass is 9.91. The molecule has 1 aromatic heterocycles. The molecular weight excluding hydrogens is 324 g/mol. The first kappa shape index (κ1) is 17.5. The molecule has 0 aromatic carbocycles. The molecule has 0 aliphatic carbocycles. The van der Waals surface area contributed by atoms with E-state index in [0.29, 0.717) is 0 Å². The molecule has 2 aliphatic heterocycles. The van der Waals surface area contributed by atoms with Gasteiger partial charge in [-0.05, 0) is 38.5 Å². The summed E-state index contributed by atoms with van der Waals surface area (Å²) in [6.45, 7) is 5.66. The summed E-state index contributed by atoms with van der Waals surface area (Å²) >= 11 is 0. The van der Waals surface area contributed by atoms with Crippen LogP contribution in [0.15, 0.2) is 24.5 Å². The lowest BCUT2D eigenvalue weighted by molar-refractivity contribution is -0.182. The summed E-state index contributed by atoms with van der Waals surface area (Å²) < 4.78 is 0. The number of imide groups is 1. The van der Waals surface area contributed by atoms with Crippen molar-refractivity contribution in [2.75, 3.05) is 6.54 Å². The summed E-state index contributed by atoms with van der Waals surface area (Å²) in [5, 5.41) is 1.53. The maximum Gasteiger partial charge on any atom is 0.261 e. The minimum absolute atomic E-state index is 0.0758. The number of nitrogens with zero attached hydrogens (tertiary/aromatic N) is 3. The second-order valence-corrected chi connectivity index (χ2v) is 7.32. The van der Waals surface area contributed by atoms with E-state index in [-0.39, 0.29) is 24.8 Å². The van der Waals surface area contributed by atoms with Crippen LogP contribution in [-0.4, -0.2) is 50.9 Å². The summed E-state index contributed by atoms with van der Waals surface area (Å²) in [5.74, 6) is -1.72. The molecule has 2 fully saturated rings. The number of hydrogen-bond acceptors (Lipinski definition) is 6. The molecule has 0 saturated carbocycles. The van der Waals surface area contributed by atoms with Gasteiger partial charge in [-0.1, -0.05) is 0 Å². The van der Waals surface area contributed by atoms with Crippen LogP contribution in [-0.2, 0) is 19.2 Å². The Kier molecular flexibility index (Phi) is 4.34. The molecule has 0 bridgehead atoms. The number of aromatic nitrogens is 1. The summed E-state index contributed by atoms with van der Waals surface area (Å²) in [5.41, 5.74) is 5.42. The fourth-order valence-corrected chi connectivity index (χ4v) is 3.48. The van der Waals surface area contributed by atoms with E-state index in [1.807, 2.05) is 20.8 Å². The topological polar surface area (TPSA) is 106 Å². The normalized spacial score (nSPS) is 27.0. The summed E-state index contributed by atoms with van der Waals surface area (Å²) in [4.78, 5) is 48.0. The van der Waals surface area contributed by atoms with Crippen molar-refractivity contribution in [1.82, 2.24) is 14.9 Å². The predicted octanol–water partition coefficient (Wildman–Crippen LogP) is 0.397. The smallest absolute Gasteiger partial charge is 0.261 e. The van der Waals surface area contributed by atoms with Crippen molar-refractivity contribution < 1.29 is 19.2 Å². The highest BCUT2D eigenvalue weighted by Crippen LogP contribution is 2.45. The van der Waals surface area contributed by atoms with Crippen LogP contribution in [0.2, 0.25) is 0 Å². The first-order chi connectivity index (χ1) is 11.7. The Hall–Kier alpha value is -2.32. The molecule has 2 saturated heterocycles. The molecule has 2 N–H and O–H groups in total. The molecule has 0 spiro atoms. The average Bonchev–Trinajstić information content (AvgIpc) is 3.02. The van der Waals surface area contributed by atoms with Gasteiger partial charge in [0.25, 0.3) is 5.91 Å². The maximum absolute atomic E-state index is 13.0. The van der Waals surface area contributed by atoms with Crippen LogP contribution in [0.1, 0.15) is 38.8 Å². The molecule has 2 aliphatic rings. The number of likely N-dealkylation sites (tertiary alicyclic amines) is 1. The fourth-order valence-electron chi connectivity index (χ4n) is 3.48. The third-order valence-electron chi connectivity index (χ3n) is 4.49. The number of rotatable bonds is 4. The van der Waals surface area contributed by atoms with Gasteiger partial charge in [0.15, 0.2) is 6.10 Å². The van der Waals surface area contributed by atoms with Crippen molar-refractivity contribution in [2.45, 2.75) is 44.9 Å². The van der Waals surface area contributed by atoms with Crippen molar-refractivity contribution >= 4 is 17.7 Å². The zero-order valence-electron chi connectivity index (χ0n) is 14.5. The number of hydrogen-bond donors (Lipinski definition) is 1. The molecule has 3 heterocycles. The van der Waals surface area contributed by atoms with Crippen LogP contribution in [0, 0.1) is 5.92 Å². The van der Waals surface area contributed by atoms with Crippen molar-refractivity contribution in [3.05, 3.63) is 30.1 Å². The number of nitrogens with two attached hydrogens (primary N) is 1. The lowest BCUT2D eigenvalue weighted by Crippen LogP contribution is -2.48. The Morgan fingerprint density at radius 1 is 1.24 bits per heavy atom. The van der Waals surface area contributed by atoms with Crippen molar-refractivity contribution in [2.24, 2.45) is 11.7 Å². The van der Waals surface area contributed by atoms with E-state index in [9.17, 15) is 14.4 Å². The Morgan fingerprint density at radius 2 is 1.88 bits per heavy atom. The molecule has 134 valence electrons. The number of fused-ring (bicyclic) bond motifs is 1. The molecule has 3 rings (SSSR count). The average molecular weight is 346 g/mol. The number of carbonyl (C=O) groups is 3. The summed E-state index contributed by atoms with van der Waals surface area (Å²) in [7, 11) is 0. The molecule has 8 nitrogen and oxygen atoms in total. The van der Waals surface area contributed by atoms with E-state index in [1.54, 1.807) is 24.5 Å². The molecular formula is C17H22N4O4. The van der Waals surface area contributed by atoms with Gasteiger partial charge >= 0.3 is 0 Å². The van der Waals surface area contributed by atoms with E-state index in [4.69, 9.17) is 10.6 Å². The minimum Gasteiger partial charge on any atom is -0.370 e. The number of carbonyl (C=O) groups excluding carboxylic acids is 3. The van der Waals surface area contributed by atoms with Gasteiger partial charge in [-0.2, -0.15) is 5.06 Å². The SMILES string of the molecule is CC(C)(C)N1C(=O)C2ON(CCC(N)=O)C(c3ccncc3)C2C1=O. The Bertz CT molecular complexity index is 700. The Balaban J connectivity index is 1.96. The number of primary amides is 1. The molecule has 3 unspecified atom stereocenters. The number of hydroxylamine groups is 2. The van der Waals surface area contributed by atoms with E-state index in [2.05, 4.69) is 4.98 Å². The van der Waals surface area contributed by atoms with Gasteiger partial charge in [0, 0.05) is 30.9 Å². The lowest BCUT2D eigenvalue weighted by Gasteiger charge is -2.33. The second-order valence-electron chi connectivity index (χ2n) is 7.32. The van der Waals surface area contributed by atoms with Crippen LogP contribution in [0.5, 0.6) is 0 Å². The quantitative estimate of drug-likeness (QED) is 0.791. The third kappa shape index (κ3) is 3.03. The fraction of sp³-hybridized carbons (Fsp3) is 0.529. The predicted molar refractivity (Wildman–Crippen MR) is 87.5 cm³/mol. The number of amides is 3. The van der Waals surface area contributed by atoms with Crippen LogP contribution in [0.3, 0.4) is 0 Å². The van der Waals surface area contributed by atoms with E-state index >= 15 is 0 Å². The van der Waals surface area contributed by atoms with Gasteiger partial charge in [-0.3, -0.25) is 29.1 Å².